The first-order chi connectivity index (χ1) is 17.8. The summed E-state index contributed by atoms with van der Waals surface area (Å²) in [5.74, 6) is -0.354. The van der Waals surface area contributed by atoms with Crippen molar-refractivity contribution in [3.05, 3.63) is 70.8 Å². The molecule has 2 aromatic carbocycles. The van der Waals surface area contributed by atoms with Crippen molar-refractivity contribution in [2.24, 2.45) is 11.3 Å². The van der Waals surface area contributed by atoms with Crippen LogP contribution in [0.15, 0.2) is 48.5 Å². The van der Waals surface area contributed by atoms with E-state index in [0.717, 1.165) is 36.8 Å². The highest BCUT2D eigenvalue weighted by atomic mass is 16.3. The van der Waals surface area contributed by atoms with Crippen molar-refractivity contribution in [1.82, 2.24) is 15.1 Å². The lowest BCUT2D eigenvalue weighted by Gasteiger charge is -2.53. The predicted molar refractivity (Wildman–Crippen MR) is 141 cm³/mol. The summed E-state index contributed by atoms with van der Waals surface area (Å²) < 4.78 is 0. The number of hydrogen-bond acceptors (Lipinski definition) is 4. The lowest BCUT2D eigenvalue weighted by Crippen LogP contribution is -2.64. The number of fused-ring (bicyclic) bond motifs is 1. The minimum atomic E-state index is -1.08. The van der Waals surface area contributed by atoms with Gasteiger partial charge in [0.2, 0.25) is 5.91 Å². The monoisotopic (exact) mass is 503 g/mol. The van der Waals surface area contributed by atoms with E-state index in [1.165, 1.54) is 0 Å². The highest BCUT2D eigenvalue weighted by Gasteiger charge is 2.57. The van der Waals surface area contributed by atoms with Gasteiger partial charge in [0, 0.05) is 49.1 Å². The molecule has 0 radical (unpaired) electrons. The van der Waals surface area contributed by atoms with Gasteiger partial charge >= 0.3 is 0 Å². The van der Waals surface area contributed by atoms with E-state index in [4.69, 9.17) is 0 Å². The lowest BCUT2D eigenvalue weighted by molar-refractivity contribution is -0.162. The molecule has 2 aliphatic heterocycles. The molecule has 1 spiro atoms. The minimum Gasteiger partial charge on any atom is -0.387 e. The zero-order chi connectivity index (χ0) is 26.2. The maximum Gasteiger partial charge on any atom is 0.254 e. The summed E-state index contributed by atoms with van der Waals surface area (Å²) >= 11 is 0. The molecule has 2 N–H and O–H groups in total. The molecular weight excluding hydrogens is 466 g/mol. The number of hydrogen-bond donors (Lipinski definition) is 2. The van der Waals surface area contributed by atoms with Crippen LogP contribution in [0, 0.1) is 11.3 Å². The second kappa shape index (κ2) is 9.93. The summed E-state index contributed by atoms with van der Waals surface area (Å²) in [6, 6.07) is 15.3. The molecule has 0 aromatic heterocycles. The van der Waals surface area contributed by atoms with Crippen LogP contribution in [0.5, 0.6) is 0 Å². The Balaban J connectivity index is 1.33. The minimum absolute atomic E-state index is 0.134. The van der Waals surface area contributed by atoms with Gasteiger partial charge in [0.1, 0.15) is 0 Å². The van der Waals surface area contributed by atoms with E-state index in [9.17, 15) is 19.5 Å². The van der Waals surface area contributed by atoms with E-state index in [-0.39, 0.29) is 30.2 Å². The van der Waals surface area contributed by atoms with Crippen molar-refractivity contribution in [3.8, 4) is 0 Å². The number of nitrogens with one attached hydrogen (secondary N) is 1. The molecule has 3 amide bonds. The fraction of sp³-hybridized carbons (Fsp3) is 0.500. The van der Waals surface area contributed by atoms with E-state index >= 15 is 0 Å². The van der Waals surface area contributed by atoms with E-state index in [0.29, 0.717) is 43.6 Å². The number of carbonyl (C=O) groups excluding carboxylic acids is 3. The zero-order valence-electron chi connectivity index (χ0n) is 21.8. The van der Waals surface area contributed by atoms with Crippen LogP contribution in [0.3, 0.4) is 0 Å². The van der Waals surface area contributed by atoms with Gasteiger partial charge in [-0.25, -0.2) is 0 Å². The summed E-state index contributed by atoms with van der Waals surface area (Å²) in [5, 5.41) is 14.8. The number of benzene rings is 2. The van der Waals surface area contributed by atoms with Gasteiger partial charge in [0.15, 0.2) is 0 Å². The van der Waals surface area contributed by atoms with E-state index < -0.39 is 11.0 Å². The molecule has 7 heteroatoms. The molecule has 196 valence electrons. The number of amides is 3. The molecule has 2 heterocycles. The number of rotatable bonds is 6. The summed E-state index contributed by atoms with van der Waals surface area (Å²) in [5.41, 5.74) is 1.41. The van der Waals surface area contributed by atoms with Crippen molar-refractivity contribution < 1.29 is 19.5 Å². The second-order valence-corrected chi connectivity index (χ2v) is 11.2. The quantitative estimate of drug-likeness (QED) is 0.632. The lowest BCUT2D eigenvalue weighted by atomic mass is 9.65. The molecule has 2 unspecified atom stereocenters. The molecule has 3 aliphatic rings. The maximum absolute atomic E-state index is 13.5. The summed E-state index contributed by atoms with van der Waals surface area (Å²) in [6.07, 6.45) is 4.86. The Morgan fingerprint density at radius 2 is 1.78 bits per heavy atom. The molecule has 2 atom stereocenters. The molecule has 0 bridgehead atoms. The van der Waals surface area contributed by atoms with Gasteiger partial charge in [-0.1, -0.05) is 56.2 Å². The molecule has 2 fully saturated rings. The first-order valence-electron chi connectivity index (χ1n) is 13.5. The summed E-state index contributed by atoms with van der Waals surface area (Å²) in [7, 11) is 1.58. The molecule has 5 rings (SSSR count). The number of piperidine rings is 1. The topological polar surface area (TPSA) is 90.0 Å². The van der Waals surface area contributed by atoms with Crippen LogP contribution in [-0.4, -0.2) is 64.9 Å². The van der Waals surface area contributed by atoms with Gasteiger partial charge in [-0.2, -0.15) is 0 Å². The molecule has 7 nitrogen and oxygen atoms in total. The zero-order valence-corrected chi connectivity index (χ0v) is 21.8. The fourth-order valence-corrected chi connectivity index (χ4v) is 6.83. The van der Waals surface area contributed by atoms with Crippen molar-refractivity contribution in [2.75, 3.05) is 26.7 Å². The Bertz CT molecular complexity index is 1190. The average Bonchev–Trinajstić information content (AvgIpc) is 3.51. The third-order valence-electron chi connectivity index (χ3n) is 8.92. The van der Waals surface area contributed by atoms with E-state index in [1.807, 2.05) is 30.0 Å². The molecule has 2 aromatic rings. The first kappa shape index (κ1) is 25.5. The third kappa shape index (κ3) is 4.54. The predicted octanol–water partition coefficient (Wildman–Crippen LogP) is 3.40. The third-order valence-corrected chi connectivity index (χ3v) is 8.92. The number of nitrogens with zero attached hydrogens (tertiary/aromatic N) is 2. The number of β-amino-alcohol motifs (C(OH)–C–C–N with tert-alkyl or cyclic N) is 1. The van der Waals surface area contributed by atoms with Crippen LogP contribution in [0.2, 0.25) is 0 Å². The van der Waals surface area contributed by atoms with Gasteiger partial charge in [0.25, 0.3) is 11.8 Å². The Morgan fingerprint density at radius 1 is 1.05 bits per heavy atom. The van der Waals surface area contributed by atoms with Crippen molar-refractivity contribution in [3.63, 3.8) is 0 Å². The Hall–Kier alpha value is -3.19. The molecule has 1 saturated carbocycles. The maximum atomic E-state index is 13.5. The van der Waals surface area contributed by atoms with Crippen LogP contribution in [0.1, 0.15) is 70.9 Å². The normalized spacial score (nSPS) is 23.3. The van der Waals surface area contributed by atoms with Crippen LogP contribution in [0.4, 0.5) is 0 Å². The second-order valence-electron chi connectivity index (χ2n) is 11.2. The van der Waals surface area contributed by atoms with Crippen molar-refractivity contribution in [1.29, 1.82) is 0 Å². The Labute approximate surface area is 218 Å². The highest BCUT2D eigenvalue weighted by molar-refractivity contribution is 6.04. The molecule has 1 aliphatic carbocycles. The Morgan fingerprint density at radius 3 is 2.49 bits per heavy atom. The van der Waals surface area contributed by atoms with Gasteiger partial charge < -0.3 is 20.2 Å². The smallest absolute Gasteiger partial charge is 0.254 e. The summed E-state index contributed by atoms with van der Waals surface area (Å²) in [4.78, 5) is 42.8. The Kier molecular flexibility index (Phi) is 6.84. The number of aliphatic hydroxyl groups is 1. The van der Waals surface area contributed by atoms with Crippen LogP contribution < -0.4 is 5.32 Å². The molecular formula is C30H37N3O4. The average molecular weight is 504 g/mol. The molecule has 37 heavy (non-hydrogen) atoms. The van der Waals surface area contributed by atoms with E-state index in [1.54, 1.807) is 30.1 Å². The number of carbonyl (C=O) groups is 3. The first-order valence-corrected chi connectivity index (χ1v) is 13.5. The van der Waals surface area contributed by atoms with Crippen LogP contribution >= 0.6 is 0 Å². The van der Waals surface area contributed by atoms with Gasteiger partial charge in [-0.3, -0.25) is 14.4 Å². The van der Waals surface area contributed by atoms with Crippen LogP contribution in [0.25, 0.3) is 0 Å². The SMILES string of the molecule is CNC(=O)c1cccc2c1CN(CC1(O)CCN(C(=O)C(C)Cc3ccccc3)CC13CCCC3)C2=O. The van der Waals surface area contributed by atoms with Gasteiger partial charge in [0.05, 0.1) is 12.1 Å². The van der Waals surface area contributed by atoms with Gasteiger partial charge in [-0.15, -0.1) is 0 Å². The van der Waals surface area contributed by atoms with Crippen molar-refractivity contribution >= 4 is 17.7 Å². The summed E-state index contributed by atoms with van der Waals surface area (Å²) in [6.45, 7) is 3.53. The van der Waals surface area contributed by atoms with E-state index in [2.05, 4.69) is 17.4 Å². The highest BCUT2D eigenvalue weighted by Crippen LogP contribution is 2.52. The standard InChI is InChI=1S/C30H37N3O4/c1-21(17-22-9-4-3-5-10-22)27(35)32-16-15-30(37,29(19-32)13-6-7-14-29)20-33-18-25-23(26(34)31-2)11-8-12-24(25)28(33)36/h3-5,8-12,21,37H,6-7,13-20H2,1-2H3,(H,31,34). The number of likely N-dealkylation sites (tertiary alicyclic amines) is 1. The molecule has 1 saturated heterocycles. The van der Waals surface area contributed by atoms with Gasteiger partial charge in [-0.05, 0) is 48.9 Å². The van der Waals surface area contributed by atoms with Crippen molar-refractivity contribution in [2.45, 2.75) is 57.6 Å². The fourth-order valence-electron chi connectivity index (χ4n) is 6.83. The largest absolute Gasteiger partial charge is 0.387 e. The van der Waals surface area contributed by atoms with Crippen LogP contribution in [-0.2, 0) is 17.8 Å².